The largest absolute Gasteiger partial charge is 0.392 e. The highest BCUT2D eigenvalue weighted by Gasteiger charge is 2.26. The number of rotatable bonds is 1. The van der Waals surface area contributed by atoms with Gasteiger partial charge >= 0.3 is 0 Å². The van der Waals surface area contributed by atoms with Crippen LogP contribution in [0.5, 0.6) is 0 Å². The lowest BCUT2D eigenvalue weighted by Gasteiger charge is -2.24. The van der Waals surface area contributed by atoms with Gasteiger partial charge in [0.05, 0.1) is 12.0 Å². The van der Waals surface area contributed by atoms with E-state index in [1.165, 1.54) is 0 Å². The molecule has 1 aliphatic carbocycles. The van der Waals surface area contributed by atoms with Crippen molar-refractivity contribution in [2.45, 2.75) is 31.8 Å². The Balaban J connectivity index is 2.47. The number of primary amides is 1. The summed E-state index contributed by atoms with van der Waals surface area (Å²) in [6, 6.07) is 0. The van der Waals surface area contributed by atoms with Gasteiger partial charge in [-0.15, -0.1) is 0 Å². The van der Waals surface area contributed by atoms with Gasteiger partial charge in [-0.3, -0.25) is 4.79 Å². The molecule has 1 saturated carbocycles. The molecule has 2 atom stereocenters. The van der Waals surface area contributed by atoms with Crippen molar-refractivity contribution in [3.8, 4) is 0 Å². The monoisotopic (exact) mass is 143 g/mol. The van der Waals surface area contributed by atoms with Gasteiger partial charge in [0, 0.05) is 0 Å². The lowest BCUT2D eigenvalue weighted by Crippen LogP contribution is -2.35. The molecule has 1 amide bonds. The van der Waals surface area contributed by atoms with E-state index in [1.54, 1.807) is 0 Å². The van der Waals surface area contributed by atoms with Gasteiger partial charge in [-0.1, -0.05) is 12.8 Å². The molecule has 3 nitrogen and oxygen atoms in total. The van der Waals surface area contributed by atoms with Gasteiger partial charge in [0.2, 0.25) is 5.91 Å². The summed E-state index contributed by atoms with van der Waals surface area (Å²) < 4.78 is 0. The fourth-order valence-corrected chi connectivity index (χ4v) is 1.44. The summed E-state index contributed by atoms with van der Waals surface area (Å²) >= 11 is 0. The van der Waals surface area contributed by atoms with Crippen molar-refractivity contribution in [2.75, 3.05) is 0 Å². The van der Waals surface area contributed by atoms with E-state index in [4.69, 9.17) is 5.73 Å². The van der Waals surface area contributed by atoms with Crippen LogP contribution in [-0.4, -0.2) is 17.1 Å². The zero-order valence-electron chi connectivity index (χ0n) is 5.92. The zero-order chi connectivity index (χ0) is 7.56. The van der Waals surface area contributed by atoms with Crippen molar-refractivity contribution in [3.05, 3.63) is 0 Å². The summed E-state index contributed by atoms with van der Waals surface area (Å²) in [4.78, 5) is 10.6. The molecule has 58 valence electrons. The van der Waals surface area contributed by atoms with Crippen LogP contribution in [0.4, 0.5) is 0 Å². The summed E-state index contributed by atoms with van der Waals surface area (Å²) in [5.41, 5.74) is 5.06. The molecule has 0 radical (unpaired) electrons. The molecule has 0 aliphatic heterocycles. The molecule has 0 unspecified atom stereocenters. The number of nitrogens with two attached hydrogens (primary N) is 1. The standard InChI is InChI=1S/C7H13NO2/c8-7(10)5-3-1-2-4-6(5)9/h5-6,9H,1-4H2,(H2,8,10)/t5-,6-/m0/s1. The molecule has 1 rings (SSSR count). The minimum absolute atomic E-state index is 0.284. The van der Waals surface area contributed by atoms with Gasteiger partial charge in [-0.25, -0.2) is 0 Å². The van der Waals surface area contributed by atoms with Crippen LogP contribution in [0.25, 0.3) is 0 Å². The van der Waals surface area contributed by atoms with Crippen molar-refractivity contribution in [3.63, 3.8) is 0 Å². The molecule has 3 N–H and O–H groups in total. The predicted octanol–water partition coefficient (Wildman–Crippen LogP) is 0.0228. The number of aliphatic hydroxyl groups is 1. The Labute approximate surface area is 60.2 Å². The van der Waals surface area contributed by atoms with E-state index in [0.717, 1.165) is 25.7 Å². The second-order valence-corrected chi connectivity index (χ2v) is 2.86. The van der Waals surface area contributed by atoms with Crippen molar-refractivity contribution < 1.29 is 9.90 Å². The Morgan fingerprint density at radius 1 is 1.40 bits per heavy atom. The van der Waals surface area contributed by atoms with Gasteiger partial charge < -0.3 is 10.8 Å². The van der Waals surface area contributed by atoms with E-state index in [9.17, 15) is 9.90 Å². The molecule has 0 aromatic heterocycles. The molecule has 0 saturated heterocycles. The van der Waals surface area contributed by atoms with E-state index < -0.39 is 6.10 Å². The van der Waals surface area contributed by atoms with Gasteiger partial charge in [0.15, 0.2) is 0 Å². The Kier molecular flexibility index (Phi) is 2.27. The molecule has 1 fully saturated rings. The summed E-state index contributed by atoms with van der Waals surface area (Å²) in [6.07, 6.45) is 3.05. The van der Waals surface area contributed by atoms with E-state index in [1.807, 2.05) is 0 Å². The zero-order valence-corrected chi connectivity index (χ0v) is 5.92. The fourth-order valence-electron chi connectivity index (χ4n) is 1.44. The minimum atomic E-state index is -0.480. The maximum absolute atomic E-state index is 10.6. The van der Waals surface area contributed by atoms with Crippen LogP contribution >= 0.6 is 0 Å². The van der Waals surface area contributed by atoms with Gasteiger partial charge in [-0.05, 0) is 12.8 Å². The first-order valence-corrected chi connectivity index (χ1v) is 3.69. The molecule has 0 spiro atoms. The smallest absolute Gasteiger partial charge is 0.223 e. The predicted molar refractivity (Wildman–Crippen MR) is 37.2 cm³/mol. The van der Waals surface area contributed by atoms with Crippen molar-refractivity contribution >= 4 is 5.91 Å². The van der Waals surface area contributed by atoms with Crippen LogP contribution in [0, 0.1) is 5.92 Å². The highest BCUT2D eigenvalue weighted by atomic mass is 16.3. The quantitative estimate of drug-likeness (QED) is 0.543. The number of carbonyl (C=O) groups excluding carboxylic acids is 1. The maximum Gasteiger partial charge on any atom is 0.223 e. The SMILES string of the molecule is NC(=O)[C@H]1CCCC[C@@H]1O. The number of amides is 1. The molecule has 10 heavy (non-hydrogen) atoms. The molecular weight excluding hydrogens is 130 g/mol. The third kappa shape index (κ3) is 1.48. The van der Waals surface area contributed by atoms with Crippen LogP contribution < -0.4 is 5.73 Å². The van der Waals surface area contributed by atoms with E-state index in [-0.39, 0.29) is 11.8 Å². The lowest BCUT2D eigenvalue weighted by molar-refractivity contribution is -0.126. The van der Waals surface area contributed by atoms with E-state index in [2.05, 4.69) is 0 Å². The first-order chi connectivity index (χ1) is 4.72. The average Bonchev–Trinajstić information content (AvgIpc) is 1.88. The first-order valence-electron chi connectivity index (χ1n) is 3.69. The average molecular weight is 143 g/mol. The minimum Gasteiger partial charge on any atom is -0.392 e. The molecule has 3 heteroatoms. The molecule has 0 aromatic rings. The van der Waals surface area contributed by atoms with Gasteiger partial charge in [0.25, 0.3) is 0 Å². The molecule has 0 aromatic carbocycles. The highest BCUT2D eigenvalue weighted by Crippen LogP contribution is 2.23. The summed E-state index contributed by atoms with van der Waals surface area (Å²) in [6.45, 7) is 0. The summed E-state index contributed by atoms with van der Waals surface area (Å²) in [5.74, 6) is -0.638. The van der Waals surface area contributed by atoms with Crippen LogP contribution in [0.3, 0.4) is 0 Å². The fraction of sp³-hybridized carbons (Fsp3) is 0.857. The lowest BCUT2D eigenvalue weighted by atomic mass is 9.86. The van der Waals surface area contributed by atoms with Crippen molar-refractivity contribution in [1.29, 1.82) is 0 Å². The second-order valence-electron chi connectivity index (χ2n) is 2.86. The molecule has 1 aliphatic rings. The Bertz CT molecular complexity index is 136. The Hall–Kier alpha value is -0.570. The molecule has 0 heterocycles. The Morgan fingerprint density at radius 3 is 2.40 bits per heavy atom. The third-order valence-corrected chi connectivity index (χ3v) is 2.09. The molecule has 0 bridgehead atoms. The number of aliphatic hydroxyl groups excluding tert-OH is 1. The van der Waals surface area contributed by atoms with E-state index in [0.29, 0.717) is 0 Å². The van der Waals surface area contributed by atoms with Crippen LogP contribution in [0.1, 0.15) is 25.7 Å². The summed E-state index contributed by atoms with van der Waals surface area (Å²) in [7, 11) is 0. The number of carbonyl (C=O) groups is 1. The number of hydrogen-bond acceptors (Lipinski definition) is 2. The normalized spacial score (nSPS) is 33.7. The second kappa shape index (κ2) is 3.01. The third-order valence-electron chi connectivity index (χ3n) is 2.09. The van der Waals surface area contributed by atoms with Crippen molar-refractivity contribution in [1.82, 2.24) is 0 Å². The van der Waals surface area contributed by atoms with Crippen LogP contribution in [-0.2, 0) is 4.79 Å². The first kappa shape index (κ1) is 7.54. The topological polar surface area (TPSA) is 63.3 Å². The van der Waals surface area contributed by atoms with Gasteiger partial charge in [-0.2, -0.15) is 0 Å². The number of hydrogen-bond donors (Lipinski definition) is 2. The maximum atomic E-state index is 10.6. The van der Waals surface area contributed by atoms with Crippen LogP contribution in [0.2, 0.25) is 0 Å². The van der Waals surface area contributed by atoms with Gasteiger partial charge in [0.1, 0.15) is 0 Å². The Morgan fingerprint density at radius 2 is 2.00 bits per heavy atom. The highest BCUT2D eigenvalue weighted by molar-refractivity contribution is 5.77. The molecular formula is C7H13NO2. The van der Waals surface area contributed by atoms with Crippen molar-refractivity contribution in [2.24, 2.45) is 11.7 Å². The summed E-state index contributed by atoms with van der Waals surface area (Å²) in [5, 5.41) is 9.24. The van der Waals surface area contributed by atoms with E-state index >= 15 is 0 Å². The van der Waals surface area contributed by atoms with Crippen LogP contribution in [0.15, 0.2) is 0 Å².